The summed E-state index contributed by atoms with van der Waals surface area (Å²) < 4.78 is 14.3. The number of anilines is 3. The number of carbonyl (C=O) groups is 1. The molecule has 1 unspecified atom stereocenters. The Morgan fingerprint density at radius 3 is 2.42 bits per heavy atom. The van der Waals surface area contributed by atoms with Crippen LogP contribution in [0.5, 0.6) is 0 Å². The Hall–Kier alpha value is -3.67. The molecule has 1 amide bonds. The number of nitrogens with one attached hydrogen (secondary N) is 2. The van der Waals surface area contributed by atoms with Crippen molar-refractivity contribution >= 4 is 34.1 Å². The highest BCUT2D eigenvalue weighted by atomic mass is 19.1. The van der Waals surface area contributed by atoms with Gasteiger partial charge in [0.15, 0.2) is 0 Å². The van der Waals surface area contributed by atoms with Crippen LogP contribution in [-0.2, 0) is 6.42 Å². The summed E-state index contributed by atoms with van der Waals surface area (Å²) in [5.41, 5.74) is 4.71. The number of halogens is 1. The van der Waals surface area contributed by atoms with Crippen LogP contribution in [0.2, 0.25) is 0 Å². The second-order valence-electron chi connectivity index (χ2n) is 9.97. The van der Waals surface area contributed by atoms with Crippen molar-refractivity contribution < 1.29 is 9.18 Å². The van der Waals surface area contributed by atoms with Crippen molar-refractivity contribution in [3.63, 3.8) is 0 Å². The molecule has 2 N–H and O–H groups in total. The fourth-order valence-electron chi connectivity index (χ4n) is 5.11. The van der Waals surface area contributed by atoms with Crippen LogP contribution in [0.4, 0.5) is 21.6 Å². The summed E-state index contributed by atoms with van der Waals surface area (Å²) in [5, 5.41) is 3.95. The van der Waals surface area contributed by atoms with Gasteiger partial charge in [-0.1, -0.05) is 70.7 Å². The van der Waals surface area contributed by atoms with Gasteiger partial charge in [0, 0.05) is 23.7 Å². The minimum atomic E-state index is -0.307. The van der Waals surface area contributed by atoms with Crippen molar-refractivity contribution in [2.75, 3.05) is 17.3 Å². The minimum absolute atomic E-state index is 0.141. The van der Waals surface area contributed by atoms with Crippen molar-refractivity contribution in [1.29, 1.82) is 0 Å². The van der Waals surface area contributed by atoms with Gasteiger partial charge in [0.1, 0.15) is 17.3 Å². The lowest BCUT2D eigenvalue weighted by molar-refractivity contribution is 0.102. The third kappa shape index (κ3) is 6.07. The summed E-state index contributed by atoms with van der Waals surface area (Å²) in [4.78, 5) is 23.0. The summed E-state index contributed by atoms with van der Waals surface area (Å²) in [6.45, 7) is 6.50. The Kier molecular flexibility index (Phi) is 9.16. The molecule has 0 aliphatic heterocycles. The molecule has 4 aromatic rings. The topological polar surface area (TPSA) is 61.0 Å². The van der Waals surface area contributed by atoms with E-state index in [9.17, 15) is 9.18 Å². The Morgan fingerprint density at radius 1 is 0.974 bits per heavy atom. The summed E-state index contributed by atoms with van der Waals surface area (Å²) in [6, 6.07) is 18.5. The van der Waals surface area contributed by atoms with Crippen LogP contribution in [0.3, 0.4) is 0 Å². The van der Waals surface area contributed by atoms with Crippen molar-refractivity contribution in [3.8, 4) is 0 Å². The van der Waals surface area contributed by atoms with Gasteiger partial charge in [-0.05, 0) is 67.1 Å². The number of nitrogens with zero attached hydrogens (tertiary/aromatic N) is 2. The van der Waals surface area contributed by atoms with E-state index in [1.54, 1.807) is 30.1 Å². The highest BCUT2D eigenvalue weighted by molar-refractivity contribution is 6.09. The summed E-state index contributed by atoms with van der Waals surface area (Å²) in [7, 11) is 1.79. The van der Waals surface area contributed by atoms with E-state index in [0.29, 0.717) is 35.1 Å². The number of aromatic nitrogens is 2. The number of rotatable bonds is 12. The van der Waals surface area contributed by atoms with Crippen LogP contribution in [0, 0.1) is 5.82 Å². The maximum Gasteiger partial charge on any atom is 0.255 e. The third-order valence-electron chi connectivity index (χ3n) is 7.31. The molecule has 0 aliphatic carbocycles. The zero-order valence-corrected chi connectivity index (χ0v) is 23.0. The van der Waals surface area contributed by atoms with E-state index in [1.165, 1.54) is 43.7 Å². The minimum Gasteiger partial charge on any atom is -0.341 e. The van der Waals surface area contributed by atoms with Crippen molar-refractivity contribution in [1.82, 2.24) is 9.97 Å². The number of benzene rings is 2. The molecule has 0 aliphatic rings. The van der Waals surface area contributed by atoms with E-state index in [4.69, 9.17) is 4.98 Å². The molecule has 5 nitrogen and oxygen atoms in total. The highest BCUT2D eigenvalue weighted by Crippen LogP contribution is 2.32. The van der Waals surface area contributed by atoms with Crippen LogP contribution in [-0.4, -0.2) is 22.9 Å². The van der Waals surface area contributed by atoms with E-state index in [0.717, 1.165) is 23.2 Å². The summed E-state index contributed by atoms with van der Waals surface area (Å²) in [5.74, 6) is 0.712. The van der Waals surface area contributed by atoms with Gasteiger partial charge in [0.2, 0.25) is 0 Å². The van der Waals surface area contributed by atoms with Gasteiger partial charge >= 0.3 is 0 Å². The van der Waals surface area contributed by atoms with Crippen molar-refractivity contribution in [2.24, 2.45) is 0 Å². The van der Waals surface area contributed by atoms with Gasteiger partial charge in [-0.15, -0.1) is 0 Å². The maximum absolute atomic E-state index is 14.3. The van der Waals surface area contributed by atoms with Gasteiger partial charge in [-0.2, -0.15) is 0 Å². The molecule has 0 fully saturated rings. The van der Waals surface area contributed by atoms with E-state index >= 15 is 0 Å². The number of para-hydroxylation sites is 1. The summed E-state index contributed by atoms with van der Waals surface area (Å²) in [6.07, 6.45) is 7.97. The second kappa shape index (κ2) is 12.7. The molecule has 38 heavy (non-hydrogen) atoms. The predicted molar refractivity (Wildman–Crippen MR) is 156 cm³/mol. The number of fused-ring (bicyclic) bond motifs is 1. The molecule has 2 aromatic carbocycles. The van der Waals surface area contributed by atoms with Crippen LogP contribution >= 0.6 is 0 Å². The fourth-order valence-corrected chi connectivity index (χ4v) is 5.11. The first-order valence-electron chi connectivity index (χ1n) is 13.9. The SMILES string of the molecule is CCCCCC(CCC)c1ccc(C(=O)Nc2c(CC)[nH]c3nc(N(C)c4ccccc4F)ccc23)cc1. The van der Waals surface area contributed by atoms with Gasteiger partial charge < -0.3 is 15.2 Å². The molecule has 2 heterocycles. The lowest BCUT2D eigenvalue weighted by atomic mass is 9.89. The molecular weight excluding hydrogens is 475 g/mol. The standard InChI is InChI=1S/C32H39FN4O/c1-5-8-9-13-22(12-6-2)23-16-18-24(19-17-23)32(38)36-30-25-20-21-29(35-31(25)34-27(30)7-3)37(4)28-15-11-10-14-26(28)33/h10-11,14-22H,5-9,12-13H2,1-4H3,(H,34,35)(H,36,38). The van der Waals surface area contributed by atoms with E-state index < -0.39 is 0 Å². The quantitative estimate of drug-likeness (QED) is 0.186. The number of carbonyl (C=O) groups excluding carboxylic acids is 1. The number of H-pyrrole nitrogens is 1. The van der Waals surface area contributed by atoms with Crippen molar-refractivity contribution in [2.45, 2.75) is 71.6 Å². The van der Waals surface area contributed by atoms with Crippen LogP contribution in [0.1, 0.15) is 86.8 Å². The molecule has 6 heteroatoms. The average molecular weight is 515 g/mol. The number of amides is 1. The number of unbranched alkanes of at least 4 members (excludes halogenated alkanes) is 2. The van der Waals surface area contributed by atoms with Crippen LogP contribution in [0.25, 0.3) is 11.0 Å². The molecule has 0 saturated carbocycles. The molecular formula is C32H39FN4O. The zero-order chi connectivity index (χ0) is 27.1. The second-order valence-corrected chi connectivity index (χ2v) is 9.97. The average Bonchev–Trinajstić information content (AvgIpc) is 3.29. The molecule has 2 aromatic heterocycles. The normalized spacial score (nSPS) is 12.0. The number of aryl methyl sites for hydroxylation is 1. The Morgan fingerprint density at radius 2 is 1.74 bits per heavy atom. The smallest absolute Gasteiger partial charge is 0.255 e. The zero-order valence-electron chi connectivity index (χ0n) is 23.0. The molecule has 0 bridgehead atoms. The number of aromatic amines is 1. The lowest BCUT2D eigenvalue weighted by Gasteiger charge is -2.18. The molecule has 0 saturated heterocycles. The number of hydrogen-bond donors (Lipinski definition) is 2. The predicted octanol–water partition coefficient (Wildman–Crippen LogP) is 8.75. The summed E-state index contributed by atoms with van der Waals surface area (Å²) >= 11 is 0. The number of hydrogen-bond acceptors (Lipinski definition) is 3. The molecule has 1 atom stereocenters. The van der Waals surface area contributed by atoms with Crippen molar-refractivity contribution in [3.05, 3.63) is 83.3 Å². The van der Waals surface area contributed by atoms with Gasteiger partial charge in [0.25, 0.3) is 5.91 Å². The fraction of sp³-hybridized carbons (Fsp3) is 0.375. The first kappa shape index (κ1) is 27.4. The van der Waals surface area contributed by atoms with E-state index in [2.05, 4.69) is 36.3 Å². The Labute approximate surface area is 225 Å². The third-order valence-corrected chi connectivity index (χ3v) is 7.31. The monoisotopic (exact) mass is 514 g/mol. The Balaban J connectivity index is 1.54. The molecule has 0 radical (unpaired) electrons. The highest BCUT2D eigenvalue weighted by Gasteiger charge is 2.18. The molecule has 0 spiro atoms. The first-order valence-corrected chi connectivity index (χ1v) is 13.9. The maximum atomic E-state index is 14.3. The van der Waals surface area contributed by atoms with Gasteiger partial charge in [0.05, 0.1) is 11.4 Å². The van der Waals surface area contributed by atoms with Crippen LogP contribution in [0.15, 0.2) is 60.7 Å². The van der Waals surface area contributed by atoms with E-state index in [1.807, 2.05) is 31.2 Å². The Bertz CT molecular complexity index is 1360. The molecule has 200 valence electrons. The van der Waals surface area contributed by atoms with Gasteiger partial charge in [-0.25, -0.2) is 9.37 Å². The van der Waals surface area contributed by atoms with E-state index in [-0.39, 0.29) is 11.7 Å². The largest absolute Gasteiger partial charge is 0.341 e. The first-order chi connectivity index (χ1) is 18.5. The lowest BCUT2D eigenvalue weighted by Crippen LogP contribution is -2.13. The molecule has 4 rings (SSSR count). The number of pyridine rings is 1. The van der Waals surface area contributed by atoms with Crippen LogP contribution < -0.4 is 10.2 Å². The van der Waals surface area contributed by atoms with Gasteiger partial charge in [-0.3, -0.25) is 4.79 Å².